The normalized spacial score (nSPS) is 10.1. The first-order chi connectivity index (χ1) is 10.2. The fourth-order valence-electron chi connectivity index (χ4n) is 1.71. The van der Waals surface area contributed by atoms with E-state index in [0.29, 0.717) is 29.0 Å². The van der Waals surface area contributed by atoms with Crippen LogP contribution in [0.2, 0.25) is 5.02 Å². The molecule has 3 nitrogen and oxygen atoms in total. The Bertz CT molecular complexity index is 601. The highest BCUT2D eigenvalue weighted by atomic mass is 35.5. The Morgan fingerprint density at radius 2 is 1.67 bits per heavy atom. The molecule has 0 radical (unpaired) electrons. The van der Waals surface area contributed by atoms with Crippen molar-refractivity contribution in [3.63, 3.8) is 0 Å². The number of hydrogen-bond donors (Lipinski definition) is 1. The number of ether oxygens (including phenoxy) is 2. The summed E-state index contributed by atoms with van der Waals surface area (Å²) in [6, 6.07) is 14.8. The van der Waals surface area contributed by atoms with E-state index in [1.165, 1.54) is 0 Å². The fourth-order valence-corrected chi connectivity index (χ4v) is 2.03. The Morgan fingerprint density at radius 1 is 1.00 bits per heavy atom. The lowest BCUT2D eigenvalue weighted by atomic mass is 10.2. The molecule has 2 aromatic carbocycles. The first kappa shape index (κ1) is 15.6. The third-order valence-corrected chi connectivity index (χ3v) is 3.34. The molecular formula is C16H16ClNO2S. The topological polar surface area (TPSA) is 44.5 Å². The molecule has 0 aliphatic heterocycles. The predicted octanol–water partition coefficient (Wildman–Crippen LogP) is 3.82. The summed E-state index contributed by atoms with van der Waals surface area (Å²) in [5.41, 5.74) is 6.37. The van der Waals surface area contributed by atoms with E-state index in [9.17, 15) is 0 Å². The van der Waals surface area contributed by atoms with Gasteiger partial charge in [0.25, 0.3) is 0 Å². The third-order valence-electron chi connectivity index (χ3n) is 2.79. The second-order valence-corrected chi connectivity index (χ2v) is 5.22. The molecular weight excluding hydrogens is 306 g/mol. The molecule has 0 saturated carbocycles. The van der Waals surface area contributed by atoms with E-state index in [2.05, 4.69) is 0 Å². The first-order valence-electron chi connectivity index (χ1n) is 6.57. The number of rotatable bonds is 7. The minimum atomic E-state index is 0.384. The van der Waals surface area contributed by atoms with Crippen molar-refractivity contribution in [3.05, 3.63) is 59.1 Å². The van der Waals surface area contributed by atoms with Crippen LogP contribution in [0.15, 0.2) is 48.5 Å². The summed E-state index contributed by atoms with van der Waals surface area (Å²) < 4.78 is 11.2. The Kier molecular flexibility index (Phi) is 5.84. The number of thiocarbonyl (C=S) groups is 1. The maximum absolute atomic E-state index is 6.00. The Labute approximate surface area is 134 Å². The lowest BCUT2D eigenvalue weighted by Gasteiger charge is -2.09. The van der Waals surface area contributed by atoms with Crippen LogP contribution in [0.4, 0.5) is 0 Å². The molecule has 0 aliphatic rings. The predicted molar refractivity (Wildman–Crippen MR) is 89.4 cm³/mol. The molecule has 5 heteroatoms. The maximum Gasteiger partial charge on any atom is 0.137 e. The molecule has 2 N–H and O–H groups in total. The van der Waals surface area contributed by atoms with Gasteiger partial charge in [0.05, 0.1) is 18.2 Å². The molecule has 0 fully saturated rings. The van der Waals surface area contributed by atoms with Crippen LogP contribution < -0.4 is 15.2 Å². The highest BCUT2D eigenvalue weighted by Gasteiger charge is 2.00. The van der Waals surface area contributed by atoms with Crippen LogP contribution in [0, 0.1) is 0 Å². The molecule has 0 unspecified atom stereocenters. The van der Waals surface area contributed by atoms with Gasteiger partial charge in [-0.3, -0.25) is 0 Å². The van der Waals surface area contributed by atoms with Crippen LogP contribution in [-0.2, 0) is 0 Å². The summed E-state index contributed by atoms with van der Waals surface area (Å²) >= 11 is 10.9. The zero-order chi connectivity index (χ0) is 15.1. The van der Waals surface area contributed by atoms with Gasteiger partial charge in [-0.25, -0.2) is 0 Å². The van der Waals surface area contributed by atoms with E-state index >= 15 is 0 Å². The molecule has 0 bridgehead atoms. The Morgan fingerprint density at radius 3 is 2.33 bits per heavy atom. The zero-order valence-electron chi connectivity index (χ0n) is 11.4. The standard InChI is InChI=1S/C16H16ClNO2S/c17-14-4-1-2-5-15(14)20-11-3-10-19-13-8-6-12(7-9-13)16(18)21/h1-2,4-9H,3,10-11H2,(H2,18,21). The SMILES string of the molecule is NC(=S)c1ccc(OCCCOc2ccccc2Cl)cc1. The number of hydrogen-bond acceptors (Lipinski definition) is 3. The molecule has 2 aromatic rings. The second-order valence-electron chi connectivity index (χ2n) is 4.37. The summed E-state index contributed by atoms with van der Waals surface area (Å²) in [6.07, 6.45) is 0.766. The van der Waals surface area contributed by atoms with Crippen LogP contribution in [-0.4, -0.2) is 18.2 Å². The van der Waals surface area contributed by atoms with Gasteiger partial charge in [0.2, 0.25) is 0 Å². The van der Waals surface area contributed by atoms with Gasteiger partial charge in [0, 0.05) is 12.0 Å². The smallest absolute Gasteiger partial charge is 0.137 e. The third kappa shape index (κ3) is 4.92. The summed E-state index contributed by atoms with van der Waals surface area (Å²) in [7, 11) is 0. The number of halogens is 1. The monoisotopic (exact) mass is 321 g/mol. The van der Waals surface area contributed by atoms with Gasteiger partial charge in [-0.05, 0) is 36.4 Å². The highest BCUT2D eigenvalue weighted by Crippen LogP contribution is 2.23. The zero-order valence-corrected chi connectivity index (χ0v) is 13.0. The minimum absolute atomic E-state index is 0.384. The van der Waals surface area contributed by atoms with Gasteiger partial charge < -0.3 is 15.2 Å². The Balaban J connectivity index is 1.70. The molecule has 2 rings (SSSR count). The average Bonchev–Trinajstić information content (AvgIpc) is 2.49. The van der Waals surface area contributed by atoms with Crippen LogP contribution in [0.1, 0.15) is 12.0 Å². The molecule has 0 atom stereocenters. The van der Waals surface area contributed by atoms with Gasteiger partial charge in [-0.2, -0.15) is 0 Å². The summed E-state index contributed by atoms with van der Waals surface area (Å²) in [4.78, 5) is 0.384. The fraction of sp³-hybridized carbons (Fsp3) is 0.188. The lowest BCUT2D eigenvalue weighted by Crippen LogP contribution is -2.09. The van der Waals surface area contributed by atoms with Crippen molar-refractivity contribution < 1.29 is 9.47 Å². The molecule has 0 amide bonds. The van der Waals surface area contributed by atoms with Gasteiger partial charge in [-0.1, -0.05) is 36.0 Å². The average molecular weight is 322 g/mol. The van der Waals surface area contributed by atoms with E-state index < -0.39 is 0 Å². The van der Waals surface area contributed by atoms with Crippen LogP contribution in [0.25, 0.3) is 0 Å². The van der Waals surface area contributed by atoms with Gasteiger partial charge in [-0.15, -0.1) is 0 Å². The lowest BCUT2D eigenvalue weighted by molar-refractivity contribution is 0.247. The second kappa shape index (κ2) is 7.86. The van der Waals surface area contributed by atoms with Crippen LogP contribution in [0.3, 0.4) is 0 Å². The highest BCUT2D eigenvalue weighted by molar-refractivity contribution is 7.80. The number of benzene rings is 2. The minimum Gasteiger partial charge on any atom is -0.493 e. The van der Waals surface area contributed by atoms with Crippen molar-refractivity contribution >= 4 is 28.8 Å². The summed E-state index contributed by atoms with van der Waals surface area (Å²) in [6.45, 7) is 1.12. The van der Waals surface area contributed by atoms with Crippen molar-refractivity contribution in [2.45, 2.75) is 6.42 Å². The molecule has 0 aliphatic carbocycles. The van der Waals surface area contributed by atoms with Gasteiger partial charge >= 0.3 is 0 Å². The van der Waals surface area contributed by atoms with Gasteiger partial charge in [0.1, 0.15) is 16.5 Å². The largest absolute Gasteiger partial charge is 0.493 e. The van der Waals surface area contributed by atoms with E-state index in [4.69, 9.17) is 39.0 Å². The summed E-state index contributed by atoms with van der Waals surface area (Å²) in [5.74, 6) is 1.48. The molecule has 0 aromatic heterocycles. The molecule has 0 heterocycles. The summed E-state index contributed by atoms with van der Waals surface area (Å²) in [5, 5.41) is 0.617. The molecule has 21 heavy (non-hydrogen) atoms. The first-order valence-corrected chi connectivity index (χ1v) is 7.35. The van der Waals surface area contributed by atoms with E-state index in [0.717, 1.165) is 17.7 Å². The number of nitrogens with two attached hydrogens (primary N) is 1. The van der Waals surface area contributed by atoms with Crippen molar-refractivity contribution in [1.82, 2.24) is 0 Å². The van der Waals surface area contributed by atoms with Crippen molar-refractivity contribution in [3.8, 4) is 11.5 Å². The van der Waals surface area contributed by atoms with Crippen LogP contribution in [0.5, 0.6) is 11.5 Å². The quantitative estimate of drug-likeness (QED) is 0.622. The van der Waals surface area contributed by atoms with Crippen LogP contribution >= 0.6 is 23.8 Å². The Hall–Kier alpha value is -1.78. The maximum atomic E-state index is 6.00. The van der Waals surface area contributed by atoms with E-state index in [1.807, 2.05) is 42.5 Å². The van der Waals surface area contributed by atoms with E-state index in [-0.39, 0.29) is 0 Å². The molecule has 0 spiro atoms. The number of para-hydroxylation sites is 1. The van der Waals surface area contributed by atoms with Crippen molar-refractivity contribution in [1.29, 1.82) is 0 Å². The molecule has 110 valence electrons. The molecule has 0 saturated heterocycles. The van der Waals surface area contributed by atoms with Gasteiger partial charge in [0.15, 0.2) is 0 Å². The van der Waals surface area contributed by atoms with E-state index in [1.54, 1.807) is 6.07 Å². The van der Waals surface area contributed by atoms with Crippen molar-refractivity contribution in [2.24, 2.45) is 5.73 Å². The van der Waals surface area contributed by atoms with Crippen molar-refractivity contribution in [2.75, 3.05) is 13.2 Å².